The monoisotopic (exact) mass is 338 g/mol. The second-order valence-corrected chi connectivity index (χ2v) is 5.36. The van der Waals surface area contributed by atoms with Crippen molar-refractivity contribution >= 4 is 22.6 Å². The maximum absolute atomic E-state index is 5.81. The molecule has 0 fully saturated rings. The van der Waals surface area contributed by atoms with E-state index in [9.17, 15) is 0 Å². The van der Waals surface area contributed by atoms with Gasteiger partial charge in [0.2, 0.25) is 0 Å². The van der Waals surface area contributed by atoms with Crippen molar-refractivity contribution in [3.8, 4) is 5.75 Å². The van der Waals surface area contributed by atoms with Crippen LogP contribution in [0.25, 0.3) is 0 Å². The highest BCUT2D eigenvalue weighted by Gasteiger charge is 2.02. The number of rotatable bonds is 3. The summed E-state index contributed by atoms with van der Waals surface area (Å²) in [5, 5.41) is 0. The van der Waals surface area contributed by atoms with Gasteiger partial charge in [-0.1, -0.05) is 18.2 Å². The standard InChI is InChI=1S/C15H15IO/c1-11-4-3-5-12(2)15(11)10-17-14-8-6-13(16)7-9-14/h3-9H,10H2,1-2H3. The Morgan fingerprint density at radius 3 is 2.12 bits per heavy atom. The summed E-state index contributed by atoms with van der Waals surface area (Å²) in [6, 6.07) is 14.5. The highest BCUT2D eigenvalue weighted by molar-refractivity contribution is 14.1. The van der Waals surface area contributed by atoms with Crippen molar-refractivity contribution in [2.45, 2.75) is 20.5 Å². The fourth-order valence-corrected chi connectivity index (χ4v) is 2.12. The summed E-state index contributed by atoms with van der Waals surface area (Å²) in [6.45, 7) is 4.89. The second-order valence-electron chi connectivity index (χ2n) is 4.11. The first-order valence-corrected chi connectivity index (χ1v) is 6.68. The number of halogens is 1. The van der Waals surface area contributed by atoms with Crippen molar-refractivity contribution in [2.24, 2.45) is 0 Å². The van der Waals surface area contributed by atoms with Crippen molar-refractivity contribution in [1.82, 2.24) is 0 Å². The topological polar surface area (TPSA) is 9.23 Å². The molecule has 0 aromatic heterocycles. The van der Waals surface area contributed by atoms with Crippen molar-refractivity contribution < 1.29 is 4.74 Å². The van der Waals surface area contributed by atoms with E-state index in [1.807, 2.05) is 12.1 Å². The summed E-state index contributed by atoms with van der Waals surface area (Å²) in [5.74, 6) is 0.924. The average molecular weight is 338 g/mol. The highest BCUT2D eigenvalue weighted by Crippen LogP contribution is 2.18. The van der Waals surface area contributed by atoms with Gasteiger partial charge in [0.1, 0.15) is 12.4 Å². The van der Waals surface area contributed by atoms with Crippen molar-refractivity contribution in [1.29, 1.82) is 0 Å². The molecule has 2 rings (SSSR count). The van der Waals surface area contributed by atoms with Crippen molar-refractivity contribution in [3.63, 3.8) is 0 Å². The summed E-state index contributed by atoms with van der Waals surface area (Å²) in [6.07, 6.45) is 0. The average Bonchev–Trinajstić information content (AvgIpc) is 2.31. The first-order valence-electron chi connectivity index (χ1n) is 5.60. The minimum atomic E-state index is 0.638. The Bertz CT molecular complexity index is 483. The van der Waals surface area contributed by atoms with Crippen LogP contribution in [0.5, 0.6) is 5.75 Å². The number of benzene rings is 2. The Kier molecular flexibility index (Phi) is 4.05. The maximum Gasteiger partial charge on any atom is 0.119 e. The molecule has 0 amide bonds. The zero-order valence-electron chi connectivity index (χ0n) is 10.0. The summed E-state index contributed by atoms with van der Waals surface area (Å²) < 4.78 is 7.03. The van der Waals surface area contributed by atoms with Crippen LogP contribution in [0.15, 0.2) is 42.5 Å². The van der Waals surface area contributed by atoms with Gasteiger partial charge in [-0.25, -0.2) is 0 Å². The van der Waals surface area contributed by atoms with Crippen LogP contribution in [-0.4, -0.2) is 0 Å². The maximum atomic E-state index is 5.81. The fraction of sp³-hybridized carbons (Fsp3) is 0.200. The summed E-state index contributed by atoms with van der Waals surface area (Å²) in [5.41, 5.74) is 3.86. The Hall–Kier alpha value is -1.03. The Morgan fingerprint density at radius 2 is 1.53 bits per heavy atom. The van der Waals surface area contributed by atoms with Gasteiger partial charge in [-0.2, -0.15) is 0 Å². The van der Waals surface area contributed by atoms with Crippen LogP contribution in [0.4, 0.5) is 0 Å². The summed E-state index contributed by atoms with van der Waals surface area (Å²) in [7, 11) is 0. The first-order chi connectivity index (χ1) is 8.16. The summed E-state index contributed by atoms with van der Waals surface area (Å²) in [4.78, 5) is 0. The third-order valence-corrected chi connectivity index (χ3v) is 3.56. The lowest BCUT2D eigenvalue weighted by Crippen LogP contribution is -2.00. The molecular weight excluding hydrogens is 323 g/mol. The van der Waals surface area contributed by atoms with E-state index in [4.69, 9.17) is 4.74 Å². The van der Waals surface area contributed by atoms with E-state index in [1.54, 1.807) is 0 Å². The molecule has 1 nitrogen and oxygen atoms in total. The van der Waals surface area contributed by atoms with Crippen molar-refractivity contribution in [3.05, 3.63) is 62.7 Å². The Balaban J connectivity index is 2.10. The molecular formula is C15H15IO. The van der Waals surface area contributed by atoms with Gasteiger partial charge in [0, 0.05) is 3.57 Å². The number of ether oxygens (including phenoxy) is 1. The van der Waals surface area contributed by atoms with Crippen LogP contribution < -0.4 is 4.74 Å². The molecule has 2 aromatic rings. The van der Waals surface area contributed by atoms with Crippen LogP contribution in [0.2, 0.25) is 0 Å². The molecule has 88 valence electrons. The Morgan fingerprint density at radius 1 is 0.941 bits per heavy atom. The van der Waals surface area contributed by atoms with Gasteiger partial charge in [-0.05, 0) is 77.4 Å². The minimum Gasteiger partial charge on any atom is -0.489 e. The lowest BCUT2D eigenvalue weighted by Gasteiger charge is -2.11. The highest BCUT2D eigenvalue weighted by atomic mass is 127. The predicted molar refractivity (Wildman–Crippen MR) is 79.4 cm³/mol. The van der Waals surface area contributed by atoms with Gasteiger partial charge in [0.25, 0.3) is 0 Å². The molecule has 0 N–H and O–H groups in total. The van der Waals surface area contributed by atoms with Gasteiger partial charge >= 0.3 is 0 Å². The third kappa shape index (κ3) is 3.22. The molecule has 0 aliphatic heterocycles. The predicted octanol–water partition coefficient (Wildman–Crippen LogP) is 4.49. The molecule has 0 heterocycles. The van der Waals surface area contributed by atoms with Gasteiger partial charge in [-0.15, -0.1) is 0 Å². The van der Waals surface area contributed by atoms with Crippen LogP contribution in [0.3, 0.4) is 0 Å². The van der Waals surface area contributed by atoms with E-state index in [-0.39, 0.29) is 0 Å². The first kappa shape index (κ1) is 12.4. The minimum absolute atomic E-state index is 0.638. The SMILES string of the molecule is Cc1cccc(C)c1COc1ccc(I)cc1. The summed E-state index contributed by atoms with van der Waals surface area (Å²) >= 11 is 2.29. The van der Waals surface area contributed by atoms with Crippen LogP contribution in [-0.2, 0) is 6.61 Å². The molecule has 2 heteroatoms. The zero-order chi connectivity index (χ0) is 12.3. The molecule has 0 aliphatic carbocycles. The van der Waals surface area contributed by atoms with Crippen LogP contribution >= 0.6 is 22.6 Å². The third-order valence-electron chi connectivity index (χ3n) is 2.84. The van der Waals surface area contributed by atoms with Gasteiger partial charge in [0.15, 0.2) is 0 Å². The van der Waals surface area contributed by atoms with Crippen LogP contribution in [0, 0.1) is 17.4 Å². The number of hydrogen-bond acceptors (Lipinski definition) is 1. The van der Waals surface area contributed by atoms with Crippen LogP contribution in [0.1, 0.15) is 16.7 Å². The number of aryl methyl sites for hydroxylation is 2. The molecule has 17 heavy (non-hydrogen) atoms. The molecule has 2 aromatic carbocycles. The van der Waals surface area contributed by atoms with Gasteiger partial charge in [-0.3, -0.25) is 0 Å². The molecule has 0 aliphatic rings. The van der Waals surface area contributed by atoms with E-state index in [2.05, 4.69) is 66.8 Å². The second kappa shape index (κ2) is 5.54. The van der Waals surface area contributed by atoms with E-state index in [0.717, 1.165) is 5.75 Å². The van der Waals surface area contributed by atoms with E-state index < -0.39 is 0 Å². The van der Waals surface area contributed by atoms with E-state index >= 15 is 0 Å². The quantitative estimate of drug-likeness (QED) is 0.750. The van der Waals surface area contributed by atoms with Gasteiger partial charge < -0.3 is 4.74 Å². The molecule has 0 atom stereocenters. The molecule has 0 radical (unpaired) electrons. The van der Waals surface area contributed by atoms with E-state index in [1.165, 1.54) is 20.3 Å². The fourth-order valence-electron chi connectivity index (χ4n) is 1.76. The zero-order valence-corrected chi connectivity index (χ0v) is 12.2. The molecule has 0 saturated carbocycles. The Labute approximate surface area is 116 Å². The lowest BCUT2D eigenvalue weighted by atomic mass is 10.0. The largest absolute Gasteiger partial charge is 0.489 e. The van der Waals surface area contributed by atoms with Crippen molar-refractivity contribution in [2.75, 3.05) is 0 Å². The molecule has 0 saturated heterocycles. The normalized spacial score (nSPS) is 10.3. The molecule has 0 unspecified atom stereocenters. The van der Waals surface area contributed by atoms with Gasteiger partial charge in [0.05, 0.1) is 0 Å². The lowest BCUT2D eigenvalue weighted by molar-refractivity contribution is 0.304. The molecule has 0 spiro atoms. The number of hydrogen-bond donors (Lipinski definition) is 0. The smallest absolute Gasteiger partial charge is 0.119 e. The molecule has 0 bridgehead atoms. The van der Waals surface area contributed by atoms with E-state index in [0.29, 0.717) is 6.61 Å².